The first-order valence-electron chi connectivity index (χ1n) is 6.88. The Kier molecular flexibility index (Phi) is 5.74. The molecule has 0 radical (unpaired) electrons. The number of rotatable bonds is 4. The van der Waals surface area contributed by atoms with Crippen LogP contribution in [-0.2, 0) is 11.2 Å². The predicted octanol–water partition coefficient (Wildman–Crippen LogP) is 2.37. The van der Waals surface area contributed by atoms with Gasteiger partial charge >= 0.3 is 6.09 Å². The van der Waals surface area contributed by atoms with E-state index >= 15 is 0 Å². The molecule has 1 rings (SSSR count). The molecule has 1 amide bonds. The molecule has 0 unspecified atom stereocenters. The van der Waals surface area contributed by atoms with E-state index in [1.54, 1.807) is 39.8 Å². The summed E-state index contributed by atoms with van der Waals surface area (Å²) in [5.74, 6) is 0. The minimum Gasteiger partial charge on any atom is -0.444 e. The molecule has 5 nitrogen and oxygen atoms in total. The average Bonchev–Trinajstić information content (AvgIpc) is 2.36. The Balaban J connectivity index is 2.69. The van der Waals surface area contributed by atoms with Crippen LogP contribution in [0, 0.1) is 11.3 Å². The molecule has 0 aliphatic heterocycles. The molecule has 0 aliphatic carbocycles. The molecule has 114 valence electrons. The summed E-state index contributed by atoms with van der Waals surface area (Å²) in [6.45, 7) is 6.96. The van der Waals surface area contributed by atoms with Crippen LogP contribution < -0.4 is 5.32 Å². The third-order valence-electron chi connectivity index (χ3n) is 2.82. The fourth-order valence-electron chi connectivity index (χ4n) is 1.77. The highest BCUT2D eigenvalue weighted by Crippen LogP contribution is 2.11. The molecule has 0 heterocycles. The van der Waals surface area contributed by atoms with Crippen molar-refractivity contribution in [2.45, 2.75) is 51.9 Å². The highest BCUT2D eigenvalue weighted by molar-refractivity contribution is 5.68. The van der Waals surface area contributed by atoms with Gasteiger partial charge in [-0.2, -0.15) is 5.26 Å². The minimum absolute atomic E-state index is 0.451. The van der Waals surface area contributed by atoms with E-state index in [2.05, 4.69) is 5.32 Å². The van der Waals surface area contributed by atoms with Gasteiger partial charge in [-0.15, -0.1) is 0 Å². The normalized spacial score (nSPS) is 13.9. The van der Waals surface area contributed by atoms with Gasteiger partial charge in [-0.05, 0) is 51.8 Å². The molecule has 0 saturated carbocycles. The molecular formula is C16H22N2O3. The minimum atomic E-state index is -0.715. The zero-order chi connectivity index (χ0) is 16.0. The zero-order valence-corrected chi connectivity index (χ0v) is 12.9. The number of hydrogen-bond acceptors (Lipinski definition) is 4. The van der Waals surface area contributed by atoms with Crippen LogP contribution in [0.15, 0.2) is 24.3 Å². The van der Waals surface area contributed by atoms with Crippen LogP contribution in [-0.4, -0.2) is 28.9 Å². The number of ether oxygens (including phenoxy) is 1. The van der Waals surface area contributed by atoms with Crippen LogP contribution in [0.5, 0.6) is 0 Å². The van der Waals surface area contributed by atoms with Crippen LogP contribution in [0.25, 0.3) is 0 Å². The molecule has 2 N–H and O–H groups in total. The number of nitrogens with one attached hydrogen (secondary N) is 1. The van der Waals surface area contributed by atoms with Gasteiger partial charge in [0.2, 0.25) is 0 Å². The summed E-state index contributed by atoms with van der Waals surface area (Å²) in [4.78, 5) is 11.8. The molecule has 5 heteroatoms. The number of alkyl carbamates (subject to hydrolysis) is 1. The van der Waals surface area contributed by atoms with Crippen molar-refractivity contribution in [3.05, 3.63) is 35.4 Å². The standard InChI is InChI=1S/C16H22N2O3/c1-11(19)14(18-15(20)21-16(2,3)4)9-12-5-7-13(10-17)8-6-12/h5-8,11,14,19H,9H2,1-4H3,(H,18,20)/t11-,14-/m1/s1. The molecule has 0 fully saturated rings. The number of nitriles is 1. The number of benzene rings is 1. The number of amides is 1. The molecule has 21 heavy (non-hydrogen) atoms. The summed E-state index contributed by atoms with van der Waals surface area (Å²) in [6, 6.07) is 8.64. The monoisotopic (exact) mass is 290 g/mol. The van der Waals surface area contributed by atoms with Gasteiger partial charge in [-0.25, -0.2) is 4.79 Å². The van der Waals surface area contributed by atoms with Gasteiger partial charge in [0.25, 0.3) is 0 Å². The maximum absolute atomic E-state index is 11.8. The summed E-state index contributed by atoms with van der Waals surface area (Å²) in [5.41, 5.74) is 0.922. The van der Waals surface area contributed by atoms with Crippen molar-refractivity contribution in [2.24, 2.45) is 0 Å². The van der Waals surface area contributed by atoms with Gasteiger partial charge in [-0.1, -0.05) is 12.1 Å². The molecular weight excluding hydrogens is 268 g/mol. The van der Waals surface area contributed by atoms with Crippen LogP contribution in [0.3, 0.4) is 0 Å². The van der Waals surface area contributed by atoms with E-state index in [1.165, 1.54) is 0 Å². The zero-order valence-electron chi connectivity index (χ0n) is 12.9. The number of carbonyl (C=O) groups excluding carboxylic acids is 1. The molecule has 1 aromatic rings. The van der Waals surface area contributed by atoms with Gasteiger partial charge in [0.1, 0.15) is 5.60 Å². The van der Waals surface area contributed by atoms with Crippen molar-refractivity contribution in [2.75, 3.05) is 0 Å². The summed E-state index contributed by atoms with van der Waals surface area (Å²) in [5, 5.41) is 21.2. The third-order valence-corrected chi connectivity index (χ3v) is 2.82. The van der Waals surface area contributed by atoms with Crippen LogP contribution in [0.2, 0.25) is 0 Å². The lowest BCUT2D eigenvalue weighted by atomic mass is 10.0. The molecule has 0 bridgehead atoms. The first-order chi connectivity index (χ1) is 9.71. The fourth-order valence-corrected chi connectivity index (χ4v) is 1.77. The van der Waals surface area contributed by atoms with Gasteiger partial charge in [-0.3, -0.25) is 0 Å². The number of aliphatic hydroxyl groups is 1. The summed E-state index contributed by atoms with van der Waals surface area (Å²) >= 11 is 0. The topological polar surface area (TPSA) is 82.4 Å². The van der Waals surface area contributed by atoms with E-state index in [-0.39, 0.29) is 0 Å². The van der Waals surface area contributed by atoms with Crippen LogP contribution in [0.4, 0.5) is 4.79 Å². The number of aliphatic hydroxyl groups excluding tert-OH is 1. The van der Waals surface area contributed by atoms with Crippen LogP contribution >= 0.6 is 0 Å². The largest absolute Gasteiger partial charge is 0.444 e. The second-order valence-electron chi connectivity index (χ2n) is 6.01. The molecule has 0 saturated heterocycles. The maximum Gasteiger partial charge on any atom is 0.407 e. The second-order valence-corrected chi connectivity index (χ2v) is 6.01. The van der Waals surface area contributed by atoms with Crippen molar-refractivity contribution in [1.29, 1.82) is 5.26 Å². The molecule has 2 atom stereocenters. The Hall–Kier alpha value is -2.06. The van der Waals surface area contributed by atoms with E-state index < -0.39 is 23.8 Å². The lowest BCUT2D eigenvalue weighted by Gasteiger charge is -2.25. The quantitative estimate of drug-likeness (QED) is 0.892. The highest BCUT2D eigenvalue weighted by atomic mass is 16.6. The number of hydrogen-bond donors (Lipinski definition) is 2. The first-order valence-corrected chi connectivity index (χ1v) is 6.88. The van der Waals surface area contributed by atoms with Gasteiger partial charge in [0.15, 0.2) is 0 Å². The molecule has 0 aromatic heterocycles. The lowest BCUT2D eigenvalue weighted by Crippen LogP contribution is -2.45. The van der Waals surface area contributed by atoms with E-state index in [1.807, 2.05) is 18.2 Å². The maximum atomic E-state index is 11.8. The highest BCUT2D eigenvalue weighted by Gasteiger charge is 2.22. The van der Waals surface area contributed by atoms with Crippen molar-refractivity contribution >= 4 is 6.09 Å². The van der Waals surface area contributed by atoms with Crippen molar-refractivity contribution in [1.82, 2.24) is 5.32 Å². The van der Waals surface area contributed by atoms with E-state index in [9.17, 15) is 9.90 Å². The SMILES string of the molecule is C[C@@H](O)[C@@H](Cc1ccc(C#N)cc1)NC(=O)OC(C)(C)C. The second kappa shape index (κ2) is 7.09. The molecule has 0 aliphatic rings. The summed E-state index contributed by atoms with van der Waals surface area (Å²) in [7, 11) is 0. The smallest absolute Gasteiger partial charge is 0.407 e. The van der Waals surface area contributed by atoms with Gasteiger partial charge in [0.05, 0.1) is 23.8 Å². The summed E-state index contributed by atoms with van der Waals surface area (Å²) in [6.07, 6.45) is -0.807. The Labute approximate surface area is 125 Å². The van der Waals surface area contributed by atoms with Crippen molar-refractivity contribution < 1.29 is 14.6 Å². The van der Waals surface area contributed by atoms with E-state index in [4.69, 9.17) is 10.00 Å². The Bertz CT molecular complexity index is 510. The van der Waals surface area contributed by atoms with E-state index in [0.29, 0.717) is 12.0 Å². The number of carbonyl (C=O) groups is 1. The van der Waals surface area contributed by atoms with Gasteiger partial charge < -0.3 is 15.2 Å². The van der Waals surface area contributed by atoms with Crippen LogP contribution in [0.1, 0.15) is 38.8 Å². The Morgan fingerprint density at radius 1 is 1.38 bits per heavy atom. The summed E-state index contributed by atoms with van der Waals surface area (Å²) < 4.78 is 5.19. The fraction of sp³-hybridized carbons (Fsp3) is 0.500. The first kappa shape index (κ1) is 17.0. The van der Waals surface area contributed by atoms with E-state index in [0.717, 1.165) is 5.56 Å². The molecule has 0 spiro atoms. The third kappa shape index (κ3) is 6.28. The Morgan fingerprint density at radius 3 is 2.38 bits per heavy atom. The molecule has 1 aromatic carbocycles. The predicted molar refractivity (Wildman–Crippen MR) is 79.7 cm³/mol. The van der Waals surface area contributed by atoms with Gasteiger partial charge in [0, 0.05) is 0 Å². The average molecular weight is 290 g/mol. The number of nitrogens with zero attached hydrogens (tertiary/aromatic N) is 1. The Morgan fingerprint density at radius 2 is 1.95 bits per heavy atom. The lowest BCUT2D eigenvalue weighted by molar-refractivity contribution is 0.0437. The van der Waals surface area contributed by atoms with Crippen molar-refractivity contribution in [3.63, 3.8) is 0 Å². The van der Waals surface area contributed by atoms with Crippen molar-refractivity contribution in [3.8, 4) is 6.07 Å².